The van der Waals surface area contributed by atoms with E-state index in [9.17, 15) is 4.39 Å². The molecular weight excluding hydrogens is 349 g/mol. The summed E-state index contributed by atoms with van der Waals surface area (Å²) in [7, 11) is 0. The molecule has 2 fully saturated rings. The quantitative estimate of drug-likeness (QED) is 0.774. The second-order valence-corrected chi connectivity index (χ2v) is 9.34. The smallest absolute Gasteiger partial charge is 0.123 e. The van der Waals surface area contributed by atoms with E-state index in [1.165, 1.54) is 62.7 Å². The van der Waals surface area contributed by atoms with Gasteiger partial charge in [-0.1, -0.05) is 13.8 Å². The molecule has 2 heterocycles. The van der Waals surface area contributed by atoms with Gasteiger partial charge in [0, 0.05) is 42.3 Å². The SMILES string of the molecule is CC(C)[C@H]1CC[C@@H](N2CCC(n3cc(CCN)c4cc(F)ccc43)CC2)CC1. The van der Waals surface area contributed by atoms with Crippen LogP contribution in [0.1, 0.15) is 64.0 Å². The molecule has 0 bridgehead atoms. The van der Waals surface area contributed by atoms with Gasteiger partial charge in [0.25, 0.3) is 0 Å². The molecule has 0 amide bonds. The number of nitrogens with two attached hydrogens (primary N) is 1. The van der Waals surface area contributed by atoms with Crippen molar-refractivity contribution in [2.24, 2.45) is 17.6 Å². The van der Waals surface area contributed by atoms with Crippen molar-refractivity contribution in [1.29, 1.82) is 0 Å². The van der Waals surface area contributed by atoms with Crippen LogP contribution in [0, 0.1) is 17.7 Å². The molecule has 1 saturated carbocycles. The molecule has 1 aliphatic heterocycles. The van der Waals surface area contributed by atoms with Gasteiger partial charge in [-0.05, 0) is 87.1 Å². The summed E-state index contributed by atoms with van der Waals surface area (Å²) in [6, 6.07) is 6.53. The molecular formula is C24H36FN3. The van der Waals surface area contributed by atoms with Crippen molar-refractivity contribution < 1.29 is 4.39 Å². The van der Waals surface area contributed by atoms with E-state index in [1.807, 2.05) is 6.07 Å². The van der Waals surface area contributed by atoms with E-state index in [0.29, 0.717) is 12.6 Å². The Balaban J connectivity index is 1.43. The van der Waals surface area contributed by atoms with Gasteiger partial charge in [0.05, 0.1) is 0 Å². The molecule has 2 aliphatic rings. The standard InChI is InChI=1S/C24H36FN3/c1-17(2)18-3-6-21(7-4-18)27-13-10-22(11-14-27)28-16-19(9-12-26)23-15-20(25)5-8-24(23)28/h5,8,15-18,21-22H,3-4,6-7,9-14,26H2,1-2H3/t18-,21+. The molecule has 0 atom stereocenters. The zero-order valence-corrected chi connectivity index (χ0v) is 17.5. The van der Waals surface area contributed by atoms with Crippen LogP contribution in [-0.4, -0.2) is 35.1 Å². The highest BCUT2D eigenvalue weighted by molar-refractivity contribution is 5.84. The fourth-order valence-electron chi connectivity index (χ4n) is 5.62. The maximum absolute atomic E-state index is 13.8. The normalized spacial score (nSPS) is 25.0. The number of benzene rings is 1. The molecule has 3 nitrogen and oxygen atoms in total. The molecule has 4 rings (SSSR count). The van der Waals surface area contributed by atoms with Gasteiger partial charge >= 0.3 is 0 Å². The monoisotopic (exact) mass is 385 g/mol. The number of nitrogens with zero attached hydrogens (tertiary/aromatic N) is 2. The number of aromatic nitrogens is 1. The summed E-state index contributed by atoms with van der Waals surface area (Å²) in [6.07, 6.45) is 11.0. The number of hydrogen-bond donors (Lipinski definition) is 1. The molecule has 4 heteroatoms. The number of hydrogen-bond acceptors (Lipinski definition) is 2. The maximum atomic E-state index is 13.8. The van der Waals surface area contributed by atoms with Crippen molar-refractivity contribution >= 4 is 10.9 Å². The molecule has 2 aromatic rings. The van der Waals surface area contributed by atoms with Gasteiger partial charge in [-0.25, -0.2) is 4.39 Å². The molecule has 1 saturated heterocycles. The minimum atomic E-state index is -0.157. The van der Waals surface area contributed by atoms with Crippen molar-refractivity contribution in [2.75, 3.05) is 19.6 Å². The van der Waals surface area contributed by atoms with Crippen LogP contribution >= 0.6 is 0 Å². The fourth-order valence-corrected chi connectivity index (χ4v) is 5.62. The molecule has 1 aromatic heterocycles. The van der Waals surface area contributed by atoms with Crippen LogP contribution in [0.4, 0.5) is 4.39 Å². The van der Waals surface area contributed by atoms with Crippen LogP contribution in [0.3, 0.4) is 0 Å². The predicted octanol–water partition coefficient (Wildman–Crippen LogP) is 5.13. The minimum Gasteiger partial charge on any atom is -0.344 e. The van der Waals surface area contributed by atoms with Crippen LogP contribution in [-0.2, 0) is 6.42 Å². The van der Waals surface area contributed by atoms with Crippen molar-refractivity contribution in [1.82, 2.24) is 9.47 Å². The molecule has 28 heavy (non-hydrogen) atoms. The van der Waals surface area contributed by atoms with Crippen LogP contribution in [0.25, 0.3) is 10.9 Å². The van der Waals surface area contributed by atoms with Gasteiger partial charge in [0.15, 0.2) is 0 Å². The Labute approximate surface area is 169 Å². The molecule has 1 aliphatic carbocycles. The largest absolute Gasteiger partial charge is 0.344 e. The average molecular weight is 386 g/mol. The van der Waals surface area contributed by atoms with E-state index in [1.54, 1.807) is 12.1 Å². The van der Waals surface area contributed by atoms with Gasteiger partial charge < -0.3 is 15.2 Å². The van der Waals surface area contributed by atoms with Crippen LogP contribution in [0.2, 0.25) is 0 Å². The highest BCUT2D eigenvalue weighted by Gasteiger charge is 2.30. The van der Waals surface area contributed by atoms with Crippen molar-refractivity contribution in [3.63, 3.8) is 0 Å². The van der Waals surface area contributed by atoms with Crippen molar-refractivity contribution in [3.05, 3.63) is 35.8 Å². The van der Waals surface area contributed by atoms with Gasteiger partial charge in [0.1, 0.15) is 5.82 Å². The van der Waals surface area contributed by atoms with E-state index < -0.39 is 0 Å². The first-order valence-electron chi connectivity index (χ1n) is 11.3. The lowest BCUT2D eigenvalue weighted by Gasteiger charge is -2.42. The first-order valence-corrected chi connectivity index (χ1v) is 11.3. The summed E-state index contributed by atoms with van der Waals surface area (Å²) in [5.41, 5.74) is 8.15. The first kappa shape index (κ1) is 19.9. The third-order valence-electron chi connectivity index (χ3n) is 7.38. The molecule has 0 unspecified atom stereocenters. The molecule has 154 valence electrons. The first-order chi connectivity index (χ1) is 13.6. The van der Waals surface area contributed by atoms with Crippen molar-refractivity contribution in [2.45, 2.75) is 70.9 Å². The zero-order chi connectivity index (χ0) is 19.7. The van der Waals surface area contributed by atoms with Crippen LogP contribution in [0.5, 0.6) is 0 Å². The van der Waals surface area contributed by atoms with E-state index >= 15 is 0 Å². The lowest BCUT2D eigenvalue weighted by atomic mass is 9.79. The number of fused-ring (bicyclic) bond motifs is 1. The Morgan fingerprint density at radius 1 is 1.04 bits per heavy atom. The highest BCUT2D eigenvalue weighted by Crippen LogP contribution is 2.36. The summed E-state index contributed by atoms with van der Waals surface area (Å²) in [4.78, 5) is 2.75. The lowest BCUT2D eigenvalue weighted by molar-refractivity contribution is 0.0894. The van der Waals surface area contributed by atoms with Gasteiger partial charge in [-0.3, -0.25) is 0 Å². The van der Waals surface area contributed by atoms with Crippen LogP contribution < -0.4 is 5.73 Å². The summed E-state index contributed by atoms with van der Waals surface area (Å²) < 4.78 is 16.2. The fraction of sp³-hybridized carbons (Fsp3) is 0.667. The Hall–Kier alpha value is -1.39. The third kappa shape index (κ3) is 3.99. The van der Waals surface area contributed by atoms with Crippen molar-refractivity contribution in [3.8, 4) is 0 Å². The third-order valence-corrected chi connectivity index (χ3v) is 7.38. The van der Waals surface area contributed by atoms with Crippen LogP contribution in [0.15, 0.2) is 24.4 Å². The topological polar surface area (TPSA) is 34.2 Å². The highest BCUT2D eigenvalue weighted by atomic mass is 19.1. The Morgan fingerprint density at radius 3 is 2.39 bits per heavy atom. The number of likely N-dealkylation sites (tertiary alicyclic amines) is 1. The summed E-state index contributed by atoms with van der Waals surface area (Å²) in [6.45, 7) is 7.74. The number of halogens is 1. The minimum absolute atomic E-state index is 0.157. The van der Waals surface area contributed by atoms with E-state index in [0.717, 1.165) is 29.7 Å². The second kappa shape index (κ2) is 8.54. The summed E-state index contributed by atoms with van der Waals surface area (Å²) in [5.74, 6) is 1.61. The summed E-state index contributed by atoms with van der Waals surface area (Å²) >= 11 is 0. The number of piperidine rings is 1. The lowest BCUT2D eigenvalue weighted by Crippen LogP contribution is -2.43. The summed E-state index contributed by atoms with van der Waals surface area (Å²) in [5, 5.41) is 1.04. The maximum Gasteiger partial charge on any atom is 0.123 e. The molecule has 0 radical (unpaired) electrons. The van der Waals surface area contributed by atoms with Gasteiger partial charge in [-0.2, -0.15) is 0 Å². The average Bonchev–Trinajstić information content (AvgIpc) is 3.06. The van der Waals surface area contributed by atoms with Gasteiger partial charge in [-0.15, -0.1) is 0 Å². The van der Waals surface area contributed by atoms with Gasteiger partial charge in [0.2, 0.25) is 0 Å². The zero-order valence-electron chi connectivity index (χ0n) is 17.5. The van der Waals surface area contributed by atoms with E-state index in [2.05, 4.69) is 29.5 Å². The molecule has 1 aromatic carbocycles. The number of rotatable bonds is 5. The van der Waals surface area contributed by atoms with E-state index in [4.69, 9.17) is 5.73 Å². The Bertz CT molecular complexity index is 780. The molecule has 0 spiro atoms. The molecule has 2 N–H and O–H groups in total. The Morgan fingerprint density at radius 2 is 1.75 bits per heavy atom. The predicted molar refractivity (Wildman–Crippen MR) is 115 cm³/mol. The van der Waals surface area contributed by atoms with E-state index in [-0.39, 0.29) is 5.82 Å². The Kier molecular flexibility index (Phi) is 6.07. The second-order valence-electron chi connectivity index (χ2n) is 9.34.